The van der Waals surface area contributed by atoms with Crippen LogP contribution in [-0.4, -0.2) is 13.4 Å². The normalized spacial score (nSPS) is 12.5. The fourth-order valence-electron chi connectivity index (χ4n) is 0.214. The number of hydrogen-bond donors (Lipinski definition) is 2. The topological polar surface area (TPSA) is 50.4 Å². The van der Waals surface area contributed by atoms with Crippen LogP contribution < -0.4 is 11.1 Å². The van der Waals surface area contributed by atoms with E-state index in [2.05, 4.69) is 10.3 Å². The summed E-state index contributed by atoms with van der Waals surface area (Å²) in [6.07, 6.45) is 3.07. The van der Waals surface area contributed by atoms with E-state index in [1.807, 2.05) is 6.92 Å². The molecule has 0 aliphatic rings. The molecule has 0 bridgehead atoms. The predicted octanol–water partition coefficient (Wildman–Crippen LogP) is 0.0541. The predicted molar refractivity (Wildman–Crippen MR) is 35.5 cm³/mol. The summed E-state index contributed by atoms with van der Waals surface area (Å²) in [4.78, 5) is 3.69. The Kier molecular flexibility index (Phi) is 3.66. The van der Waals surface area contributed by atoms with E-state index in [0.717, 1.165) is 5.70 Å². The minimum atomic E-state index is 0.899. The first-order valence-corrected chi connectivity index (χ1v) is 2.37. The SMILES string of the molecule is CN=CN/C(C)=C\N. The van der Waals surface area contributed by atoms with Gasteiger partial charge in [0.2, 0.25) is 0 Å². The minimum Gasteiger partial charge on any atom is -0.403 e. The third-order valence-corrected chi connectivity index (χ3v) is 0.671. The lowest BCUT2D eigenvalue weighted by atomic mass is 10.5. The molecule has 0 heterocycles. The fourth-order valence-corrected chi connectivity index (χ4v) is 0.214. The van der Waals surface area contributed by atoms with Gasteiger partial charge in [-0.3, -0.25) is 4.99 Å². The van der Waals surface area contributed by atoms with Crippen molar-refractivity contribution in [3.63, 3.8) is 0 Å². The van der Waals surface area contributed by atoms with Crippen molar-refractivity contribution in [3.05, 3.63) is 11.9 Å². The molecule has 0 aromatic rings. The highest BCUT2D eigenvalue weighted by Gasteiger charge is 1.75. The van der Waals surface area contributed by atoms with Gasteiger partial charge in [0.25, 0.3) is 0 Å². The van der Waals surface area contributed by atoms with Crippen LogP contribution in [-0.2, 0) is 0 Å². The summed E-state index contributed by atoms with van der Waals surface area (Å²) in [6, 6.07) is 0. The van der Waals surface area contributed by atoms with Crippen LogP contribution in [0.25, 0.3) is 0 Å². The Morgan fingerprint density at radius 3 is 2.75 bits per heavy atom. The van der Waals surface area contributed by atoms with Crippen LogP contribution in [0, 0.1) is 0 Å². The number of nitrogens with zero attached hydrogens (tertiary/aromatic N) is 1. The summed E-state index contributed by atoms with van der Waals surface area (Å²) >= 11 is 0. The van der Waals surface area contributed by atoms with Gasteiger partial charge in [0.15, 0.2) is 0 Å². The molecule has 0 unspecified atom stereocenters. The summed E-state index contributed by atoms with van der Waals surface area (Å²) in [6.45, 7) is 1.86. The molecule has 3 nitrogen and oxygen atoms in total. The van der Waals surface area contributed by atoms with Gasteiger partial charge in [-0.2, -0.15) is 0 Å². The van der Waals surface area contributed by atoms with Gasteiger partial charge in [0, 0.05) is 18.9 Å². The largest absolute Gasteiger partial charge is 0.403 e. The number of hydrogen-bond acceptors (Lipinski definition) is 2. The first kappa shape index (κ1) is 7.01. The summed E-state index contributed by atoms with van der Waals surface area (Å²) < 4.78 is 0. The van der Waals surface area contributed by atoms with E-state index in [-0.39, 0.29) is 0 Å². The Morgan fingerprint density at radius 1 is 1.75 bits per heavy atom. The van der Waals surface area contributed by atoms with E-state index in [0.29, 0.717) is 0 Å². The maximum Gasteiger partial charge on any atom is 0.0862 e. The van der Waals surface area contributed by atoms with Gasteiger partial charge in [-0.15, -0.1) is 0 Å². The zero-order valence-electron chi connectivity index (χ0n) is 5.18. The zero-order chi connectivity index (χ0) is 6.41. The molecule has 0 aromatic heterocycles. The van der Waals surface area contributed by atoms with Gasteiger partial charge < -0.3 is 11.1 Å². The molecular formula is C5H11N3. The molecule has 0 saturated carbocycles. The highest BCUT2D eigenvalue weighted by molar-refractivity contribution is 5.56. The van der Waals surface area contributed by atoms with E-state index in [1.54, 1.807) is 13.4 Å². The molecule has 0 saturated heterocycles. The quantitative estimate of drug-likeness (QED) is 0.393. The molecule has 0 spiro atoms. The molecule has 46 valence electrons. The Morgan fingerprint density at radius 2 is 2.38 bits per heavy atom. The number of nitrogens with two attached hydrogens (primary N) is 1. The Labute approximate surface area is 49.3 Å². The van der Waals surface area contributed by atoms with Crippen molar-refractivity contribution < 1.29 is 0 Å². The van der Waals surface area contributed by atoms with Crippen LogP contribution in [0.3, 0.4) is 0 Å². The van der Waals surface area contributed by atoms with Crippen LogP contribution in [0.15, 0.2) is 16.9 Å². The molecule has 3 N–H and O–H groups in total. The summed E-state index contributed by atoms with van der Waals surface area (Å²) in [5, 5.41) is 2.83. The van der Waals surface area contributed by atoms with Crippen LogP contribution in [0.5, 0.6) is 0 Å². The van der Waals surface area contributed by atoms with Gasteiger partial charge in [-0.25, -0.2) is 0 Å². The molecule has 0 aliphatic carbocycles. The van der Waals surface area contributed by atoms with Crippen LogP contribution >= 0.6 is 0 Å². The summed E-state index contributed by atoms with van der Waals surface area (Å²) in [5.74, 6) is 0. The average molecular weight is 113 g/mol. The summed E-state index contributed by atoms with van der Waals surface area (Å²) in [7, 11) is 1.69. The second-order valence-electron chi connectivity index (χ2n) is 1.38. The van der Waals surface area contributed by atoms with E-state index in [1.165, 1.54) is 6.20 Å². The highest BCUT2D eigenvalue weighted by Crippen LogP contribution is 1.75. The van der Waals surface area contributed by atoms with Gasteiger partial charge >= 0.3 is 0 Å². The molecule has 0 radical (unpaired) electrons. The lowest BCUT2D eigenvalue weighted by Crippen LogP contribution is -2.08. The maximum atomic E-state index is 5.13. The van der Waals surface area contributed by atoms with Crippen molar-refractivity contribution in [2.24, 2.45) is 10.7 Å². The number of aliphatic imine (C=N–C) groups is 1. The zero-order valence-corrected chi connectivity index (χ0v) is 5.18. The van der Waals surface area contributed by atoms with Gasteiger partial charge in [-0.05, 0) is 6.92 Å². The molecule has 8 heavy (non-hydrogen) atoms. The molecule has 0 aliphatic heterocycles. The highest BCUT2D eigenvalue weighted by atomic mass is 14.9. The van der Waals surface area contributed by atoms with E-state index < -0.39 is 0 Å². The van der Waals surface area contributed by atoms with Crippen LogP contribution in [0.2, 0.25) is 0 Å². The summed E-state index contributed by atoms with van der Waals surface area (Å²) in [5.41, 5.74) is 6.03. The van der Waals surface area contributed by atoms with Crippen molar-refractivity contribution in [2.45, 2.75) is 6.92 Å². The maximum absolute atomic E-state index is 5.13. The molecule has 0 aromatic carbocycles. The van der Waals surface area contributed by atoms with Crippen molar-refractivity contribution in [2.75, 3.05) is 7.05 Å². The average Bonchev–Trinajstić information content (AvgIpc) is 1.83. The third kappa shape index (κ3) is 3.21. The third-order valence-electron chi connectivity index (χ3n) is 0.671. The smallest absolute Gasteiger partial charge is 0.0862 e. The van der Waals surface area contributed by atoms with E-state index >= 15 is 0 Å². The minimum absolute atomic E-state index is 0.899. The van der Waals surface area contributed by atoms with Crippen molar-refractivity contribution >= 4 is 6.34 Å². The van der Waals surface area contributed by atoms with Gasteiger partial charge in [0.1, 0.15) is 0 Å². The molecule has 0 atom stereocenters. The van der Waals surface area contributed by atoms with Crippen molar-refractivity contribution in [3.8, 4) is 0 Å². The fraction of sp³-hybridized carbons (Fsp3) is 0.400. The molecule has 0 fully saturated rings. The first-order valence-electron chi connectivity index (χ1n) is 2.37. The number of allylic oxidation sites excluding steroid dienone is 1. The number of nitrogens with one attached hydrogen (secondary N) is 1. The van der Waals surface area contributed by atoms with Crippen LogP contribution in [0.1, 0.15) is 6.92 Å². The van der Waals surface area contributed by atoms with Gasteiger partial charge in [0.05, 0.1) is 6.34 Å². The molecule has 0 amide bonds. The van der Waals surface area contributed by atoms with Crippen molar-refractivity contribution in [1.82, 2.24) is 5.32 Å². The Hall–Kier alpha value is -0.990. The second-order valence-corrected chi connectivity index (χ2v) is 1.38. The second kappa shape index (κ2) is 4.18. The standard InChI is InChI=1S/C5H11N3/c1-5(3-6)8-4-7-2/h3-4H,6H2,1-2H3,(H,7,8)/b5-3-. The van der Waals surface area contributed by atoms with Crippen molar-refractivity contribution in [1.29, 1.82) is 0 Å². The molecule has 3 heteroatoms. The molecular weight excluding hydrogens is 102 g/mol. The first-order chi connectivity index (χ1) is 3.81. The Balaban J connectivity index is 3.40. The van der Waals surface area contributed by atoms with E-state index in [4.69, 9.17) is 5.73 Å². The lowest BCUT2D eigenvalue weighted by Gasteiger charge is -1.93. The van der Waals surface area contributed by atoms with E-state index in [9.17, 15) is 0 Å². The number of rotatable bonds is 2. The lowest BCUT2D eigenvalue weighted by molar-refractivity contribution is 1.12. The molecule has 0 rings (SSSR count). The van der Waals surface area contributed by atoms with Crippen LogP contribution in [0.4, 0.5) is 0 Å². The monoisotopic (exact) mass is 113 g/mol. The Bertz CT molecular complexity index is 104. The van der Waals surface area contributed by atoms with Gasteiger partial charge in [-0.1, -0.05) is 0 Å².